The van der Waals surface area contributed by atoms with Crippen LogP contribution in [0, 0.1) is 5.41 Å². The number of amides is 2. The third-order valence-electron chi connectivity index (χ3n) is 8.23. The minimum Gasteiger partial charge on any atom is -0.338 e. The first-order valence-electron chi connectivity index (χ1n) is 11.9. The molecule has 6 rings (SSSR count). The van der Waals surface area contributed by atoms with Gasteiger partial charge in [-0.05, 0) is 61.3 Å². The molecule has 1 unspecified atom stereocenters. The minimum atomic E-state index is -0.524. The second-order valence-corrected chi connectivity index (χ2v) is 10.1. The van der Waals surface area contributed by atoms with Gasteiger partial charge in [-0.15, -0.1) is 0 Å². The van der Waals surface area contributed by atoms with Crippen LogP contribution in [0.3, 0.4) is 0 Å². The number of anilines is 1. The van der Waals surface area contributed by atoms with Crippen molar-refractivity contribution < 1.29 is 9.59 Å². The van der Waals surface area contributed by atoms with E-state index in [0.29, 0.717) is 24.7 Å². The van der Waals surface area contributed by atoms with Crippen molar-refractivity contribution in [3.8, 4) is 0 Å². The maximum Gasteiger partial charge on any atom is 0.237 e. The van der Waals surface area contributed by atoms with Crippen LogP contribution in [0.2, 0.25) is 0 Å². The number of pyridine rings is 1. The molecule has 2 spiro atoms. The number of nitrogens with zero attached hydrogens (tertiary/aromatic N) is 2. The standard InChI is InChI=1S/C27H29N3O2/c31-24-27(22-7-3-13-28-23(22)29-24)17-20-9-8-19(16-21(20)18-27)6-4-14-30-15-5-12-26(25(30)32)10-1-2-11-26/h3-4,6-9,13,16H,1-2,5,10-12,14-15,17-18H2,(H,28,29,31)/b6-4+. The van der Waals surface area contributed by atoms with Crippen molar-refractivity contribution in [3.05, 3.63) is 64.9 Å². The van der Waals surface area contributed by atoms with Gasteiger partial charge in [0.1, 0.15) is 5.82 Å². The average Bonchev–Trinajstić information content (AvgIpc) is 3.49. The highest BCUT2D eigenvalue weighted by atomic mass is 16.2. The van der Waals surface area contributed by atoms with E-state index in [0.717, 1.165) is 49.8 Å². The zero-order valence-electron chi connectivity index (χ0n) is 18.4. The molecular weight excluding hydrogens is 398 g/mol. The first kappa shape index (κ1) is 19.7. The maximum absolute atomic E-state index is 13.1. The van der Waals surface area contributed by atoms with Gasteiger partial charge in [0, 0.05) is 30.3 Å². The van der Waals surface area contributed by atoms with Gasteiger partial charge in [-0.25, -0.2) is 4.98 Å². The smallest absolute Gasteiger partial charge is 0.237 e. The molecule has 164 valence electrons. The lowest BCUT2D eigenvalue weighted by Crippen LogP contribution is -2.47. The van der Waals surface area contributed by atoms with Crippen LogP contribution >= 0.6 is 0 Å². The Morgan fingerprint density at radius 2 is 1.84 bits per heavy atom. The van der Waals surface area contributed by atoms with Crippen molar-refractivity contribution in [2.24, 2.45) is 5.41 Å². The molecule has 3 heterocycles. The van der Waals surface area contributed by atoms with Crippen molar-refractivity contribution >= 4 is 23.7 Å². The molecule has 1 saturated heterocycles. The lowest BCUT2D eigenvalue weighted by Gasteiger charge is -2.39. The molecule has 32 heavy (non-hydrogen) atoms. The number of benzene rings is 1. The number of aromatic nitrogens is 1. The Morgan fingerprint density at radius 1 is 1.03 bits per heavy atom. The summed E-state index contributed by atoms with van der Waals surface area (Å²) in [6.07, 6.45) is 14.2. The van der Waals surface area contributed by atoms with E-state index in [4.69, 9.17) is 0 Å². The molecule has 0 radical (unpaired) electrons. The van der Waals surface area contributed by atoms with Gasteiger partial charge in [0.15, 0.2) is 0 Å². The summed E-state index contributed by atoms with van der Waals surface area (Å²) in [4.78, 5) is 32.4. The third-order valence-corrected chi connectivity index (χ3v) is 8.23. The molecular formula is C27H29N3O2. The number of hydrogen-bond donors (Lipinski definition) is 1. The molecule has 4 aliphatic rings. The van der Waals surface area contributed by atoms with Crippen LogP contribution in [0.4, 0.5) is 5.82 Å². The average molecular weight is 428 g/mol. The number of carbonyl (C=O) groups excluding carboxylic acids is 2. The van der Waals surface area contributed by atoms with Crippen molar-refractivity contribution in [1.29, 1.82) is 0 Å². The van der Waals surface area contributed by atoms with E-state index >= 15 is 0 Å². The molecule has 1 N–H and O–H groups in total. The summed E-state index contributed by atoms with van der Waals surface area (Å²) >= 11 is 0. The first-order chi connectivity index (χ1) is 15.6. The van der Waals surface area contributed by atoms with Gasteiger partial charge in [0.2, 0.25) is 11.8 Å². The van der Waals surface area contributed by atoms with Gasteiger partial charge in [-0.3, -0.25) is 9.59 Å². The number of likely N-dealkylation sites (tertiary alicyclic amines) is 1. The van der Waals surface area contributed by atoms with E-state index < -0.39 is 5.41 Å². The monoisotopic (exact) mass is 427 g/mol. The molecule has 2 aliphatic carbocycles. The van der Waals surface area contributed by atoms with Crippen LogP contribution in [0.1, 0.15) is 60.8 Å². The first-order valence-corrected chi connectivity index (χ1v) is 11.9. The highest BCUT2D eigenvalue weighted by molar-refractivity contribution is 6.06. The molecule has 2 aromatic rings. The summed E-state index contributed by atoms with van der Waals surface area (Å²) in [5, 5.41) is 2.97. The van der Waals surface area contributed by atoms with E-state index in [1.807, 2.05) is 12.1 Å². The lowest BCUT2D eigenvalue weighted by molar-refractivity contribution is -0.145. The lowest BCUT2D eigenvalue weighted by atomic mass is 9.77. The normalized spacial score (nSPS) is 25.7. The largest absolute Gasteiger partial charge is 0.338 e. The summed E-state index contributed by atoms with van der Waals surface area (Å²) in [5.74, 6) is 1.14. The van der Waals surface area contributed by atoms with Crippen LogP contribution < -0.4 is 5.32 Å². The Morgan fingerprint density at radius 3 is 2.72 bits per heavy atom. The van der Waals surface area contributed by atoms with Crippen molar-refractivity contribution in [2.75, 3.05) is 18.4 Å². The Labute approximate surface area is 188 Å². The van der Waals surface area contributed by atoms with Crippen LogP contribution in [-0.4, -0.2) is 34.8 Å². The van der Waals surface area contributed by atoms with E-state index in [1.165, 1.54) is 24.0 Å². The van der Waals surface area contributed by atoms with Gasteiger partial charge in [0.05, 0.1) is 5.41 Å². The van der Waals surface area contributed by atoms with Gasteiger partial charge < -0.3 is 10.2 Å². The van der Waals surface area contributed by atoms with Crippen LogP contribution in [0.25, 0.3) is 6.08 Å². The fourth-order valence-corrected chi connectivity index (χ4v) is 6.55. The number of carbonyl (C=O) groups is 2. The molecule has 2 amide bonds. The van der Waals surface area contributed by atoms with Crippen LogP contribution in [-0.2, 0) is 27.8 Å². The molecule has 0 bridgehead atoms. The predicted molar refractivity (Wildman–Crippen MR) is 124 cm³/mol. The second-order valence-electron chi connectivity index (χ2n) is 10.1. The maximum atomic E-state index is 13.1. The molecule has 5 nitrogen and oxygen atoms in total. The van der Waals surface area contributed by atoms with Crippen LogP contribution in [0.15, 0.2) is 42.6 Å². The summed E-state index contributed by atoms with van der Waals surface area (Å²) in [6.45, 7) is 1.56. The quantitative estimate of drug-likeness (QED) is 0.796. The predicted octanol–water partition coefficient (Wildman–Crippen LogP) is 4.27. The second kappa shape index (κ2) is 7.29. The minimum absolute atomic E-state index is 0.0546. The van der Waals surface area contributed by atoms with E-state index in [1.54, 1.807) is 6.20 Å². The van der Waals surface area contributed by atoms with E-state index in [9.17, 15) is 9.59 Å². The number of rotatable bonds is 3. The molecule has 1 atom stereocenters. The summed E-state index contributed by atoms with van der Waals surface area (Å²) in [5.41, 5.74) is 4.04. The highest BCUT2D eigenvalue weighted by Crippen LogP contribution is 2.47. The van der Waals surface area contributed by atoms with Gasteiger partial charge in [-0.2, -0.15) is 0 Å². The Bertz CT molecular complexity index is 1130. The number of hydrogen-bond acceptors (Lipinski definition) is 3. The third kappa shape index (κ3) is 2.94. The van der Waals surface area contributed by atoms with Gasteiger partial charge in [-0.1, -0.05) is 49.3 Å². The topological polar surface area (TPSA) is 62.3 Å². The van der Waals surface area contributed by atoms with Crippen molar-refractivity contribution in [1.82, 2.24) is 9.88 Å². The van der Waals surface area contributed by atoms with Gasteiger partial charge >= 0.3 is 0 Å². The van der Waals surface area contributed by atoms with Gasteiger partial charge in [0.25, 0.3) is 0 Å². The molecule has 1 aromatic carbocycles. The zero-order valence-corrected chi connectivity index (χ0v) is 18.4. The summed E-state index contributed by atoms with van der Waals surface area (Å²) in [6, 6.07) is 10.4. The van der Waals surface area contributed by atoms with Crippen molar-refractivity contribution in [2.45, 2.75) is 56.8 Å². The van der Waals surface area contributed by atoms with E-state index in [2.05, 4.69) is 45.6 Å². The fourth-order valence-electron chi connectivity index (χ4n) is 6.55. The molecule has 2 aliphatic heterocycles. The molecule has 5 heteroatoms. The SMILES string of the molecule is O=C1N(C/C=C/c2ccc3c(c2)CC2(C3)C(=O)Nc3ncccc32)CCCC12CCCC2. The number of nitrogens with one attached hydrogen (secondary N) is 1. The van der Waals surface area contributed by atoms with E-state index in [-0.39, 0.29) is 11.3 Å². The molecule has 1 aromatic heterocycles. The molecule has 1 saturated carbocycles. The highest BCUT2D eigenvalue weighted by Gasteiger charge is 2.51. The van der Waals surface area contributed by atoms with Crippen molar-refractivity contribution in [3.63, 3.8) is 0 Å². The summed E-state index contributed by atoms with van der Waals surface area (Å²) in [7, 11) is 0. The molecule has 2 fully saturated rings. The Balaban J connectivity index is 1.18. The number of fused-ring (bicyclic) bond motifs is 3. The van der Waals surface area contributed by atoms with Crippen LogP contribution in [0.5, 0.6) is 0 Å². The summed E-state index contributed by atoms with van der Waals surface area (Å²) < 4.78 is 0. The Hall–Kier alpha value is -2.95. The Kier molecular flexibility index (Phi) is 4.49. The fraction of sp³-hybridized carbons (Fsp3) is 0.444. The number of piperidine rings is 1. The zero-order chi connectivity index (χ0) is 21.8.